The maximum absolute atomic E-state index is 12.6. The van der Waals surface area contributed by atoms with Crippen molar-refractivity contribution in [3.05, 3.63) is 17.5 Å². The average Bonchev–Trinajstić information content (AvgIpc) is 3.22. The van der Waals surface area contributed by atoms with Crippen LogP contribution in [0.25, 0.3) is 0 Å². The molecule has 0 aliphatic carbocycles. The molecular weight excluding hydrogens is 352 g/mol. The Hall–Kier alpha value is -1.45. The number of thiophene rings is 1. The first kappa shape index (κ1) is 18.9. The lowest BCUT2D eigenvalue weighted by atomic mass is 10.1. The molecule has 0 spiro atoms. The monoisotopic (exact) mass is 374 g/mol. The number of unbranched alkanes of at least 4 members (excludes halogenated alkanes) is 1. The molecule has 2 heterocycles. The minimum absolute atomic E-state index is 0.197. The van der Waals surface area contributed by atoms with Crippen molar-refractivity contribution in [3.63, 3.8) is 0 Å². The second kappa shape index (κ2) is 8.09. The highest BCUT2D eigenvalue weighted by molar-refractivity contribution is 7.91. The van der Waals surface area contributed by atoms with Crippen LogP contribution >= 0.6 is 11.3 Å². The molecule has 0 saturated carbocycles. The average molecular weight is 374 g/mol. The number of amides is 1. The van der Waals surface area contributed by atoms with Crippen molar-refractivity contribution in [2.24, 2.45) is 0 Å². The second-order valence-electron chi connectivity index (χ2n) is 5.75. The van der Waals surface area contributed by atoms with E-state index >= 15 is 0 Å². The van der Waals surface area contributed by atoms with Crippen LogP contribution < -0.4 is 5.32 Å². The summed E-state index contributed by atoms with van der Waals surface area (Å²) in [5.74, 6) is -1.63. The molecule has 1 amide bonds. The Kier molecular flexibility index (Phi) is 6.36. The molecule has 24 heavy (non-hydrogen) atoms. The molecular formula is C15H22N2O5S2. The zero-order valence-electron chi connectivity index (χ0n) is 13.5. The fraction of sp³-hybridized carbons (Fsp3) is 0.600. The van der Waals surface area contributed by atoms with Gasteiger partial charge in [0.25, 0.3) is 10.0 Å². The van der Waals surface area contributed by atoms with E-state index in [0.717, 1.165) is 17.8 Å². The number of nitrogens with one attached hydrogen (secondary N) is 1. The molecule has 2 rings (SSSR count). The van der Waals surface area contributed by atoms with Crippen molar-refractivity contribution >= 4 is 33.2 Å². The van der Waals surface area contributed by atoms with E-state index in [1.807, 2.05) is 6.92 Å². The normalized spacial score (nSPS) is 20.0. The van der Waals surface area contributed by atoms with Gasteiger partial charge in [-0.25, -0.2) is 13.2 Å². The van der Waals surface area contributed by atoms with Crippen LogP contribution in [0.2, 0.25) is 0 Å². The van der Waals surface area contributed by atoms with Gasteiger partial charge >= 0.3 is 5.97 Å². The number of carboxylic acid groups (broad SMARTS) is 1. The molecule has 0 aromatic carbocycles. The van der Waals surface area contributed by atoms with E-state index in [9.17, 15) is 23.1 Å². The molecule has 7 nitrogen and oxygen atoms in total. The summed E-state index contributed by atoms with van der Waals surface area (Å²) in [7, 11) is -3.72. The molecule has 1 fully saturated rings. The minimum Gasteiger partial charge on any atom is -0.480 e. The molecule has 0 bridgehead atoms. The molecule has 1 aromatic rings. The van der Waals surface area contributed by atoms with Crippen LogP contribution in [0.1, 0.15) is 39.0 Å². The highest BCUT2D eigenvalue weighted by atomic mass is 32.2. The van der Waals surface area contributed by atoms with E-state index < -0.39 is 34.0 Å². The lowest BCUT2D eigenvalue weighted by molar-refractivity contribution is -0.142. The molecule has 1 aliphatic heterocycles. The predicted octanol–water partition coefficient (Wildman–Crippen LogP) is 1.66. The Morgan fingerprint density at radius 1 is 1.50 bits per heavy atom. The number of sulfonamides is 1. The number of rotatable bonds is 8. The van der Waals surface area contributed by atoms with Crippen molar-refractivity contribution in [1.29, 1.82) is 0 Å². The smallest absolute Gasteiger partial charge is 0.326 e. The quantitative estimate of drug-likeness (QED) is 0.720. The van der Waals surface area contributed by atoms with Crippen LogP contribution in [0.3, 0.4) is 0 Å². The Balaban J connectivity index is 2.12. The van der Waals surface area contributed by atoms with Crippen LogP contribution in [0, 0.1) is 0 Å². The van der Waals surface area contributed by atoms with Gasteiger partial charge in [-0.2, -0.15) is 4.31 Å². The van der Waals surface area contributed by atoms with Gasteiger partial charge in [0.2, 0.25) is 5.91 Å². The molecule has 0 radical (unpaired) electrons. The van der Waals surface area contributed by atoms with Crippen LogP contribution in [-0.2, 0) is 19.6 Å². The fourth-order valence-corrected chi connectivity index (χ4v) is 5.53. The predicted molar refractivity (Wildman–Crippen MR) is 90.3 cm³/mol. The second-order valence-corrected chi connectivity index (χ2v) is 8.81. The van der Waals surface area contributed by atoms with Crippen LogP contribution in [-0.4, -0.2) is 48.3 Å². The summed E-state index contributed by atoms with van der Waals surface area (Å²) < 4.78 is 26.7. The number of aliphatic carboxylic acids is 1. The van der Waals surface area contributed by atoms with Crippen molar-refractivity contribution < 1.29 is 23.1 Å². The lowest BCUT2D eigenvalue weighted by Crippen LogP contribution is -2.50. The highest BCUT2D eigenvalue weighted by Gasteiger charge is 2.40. The van der Waals surface area contributed by atoms with E-state index in [-0.39, 0.29) is 10.8 Å². The zero-order chi connectivity index (χ0) is 17.7. The maximum Gasteiger partial charge on any atom is 0.326 e. The van der Waals surface area contributed by atoms with Crippen LogP contribution in [0.15, 0.2) is 21.7 Å². The number of carbonyl (C=O) groups is 2. The van der Waals surface area contributed by atoms with Crippen molar-refractivity contribution in [2.45, 2.75) is 55.3 Å². The first-order valence-corrected chi connectivity index (χ1v) is 10.3. The van der Waals surface area contributed by atoms with Gasteiger partial charge < -0.3 is 10.4 Å². The Morgan fingerprint density at radius 3 is 2.83 bits per heavy atom. The topological polar surface area (TPSA) is 104 Å². The van der Waals surface area contributed by atoms with Gasteiger partial charge in [0.05, 0.1) is 0 Å². The molecule has 2 unspecified atom stereocenters. The van der Waals surface area contributed by atoms with Gasteiger partial charge in [0.1, 0.15) is 16.3 Å². The summed E-state index contributed by atoms with van der Waals surface area (Å²) in [4.78, 5) is 23.7. The lowest BCUT2D eigenvalue weighted by Gasteiger charge is -2.24. The van der Waals surface area contributed by atoms with E-state index in [1.54, 1.807) is 11.4 Å². The molecule has 9 heteroatoms. The molecule has 134 valence electrons. The highest BCUT2D eigenvalue weighted by Crippen LogP contribution is 2.28. The molecule has 1 aromatic heterocycles. The summed E-state index contributed by atoms with van der Waals surface area (Å²) in [6.07, 6.45) is 2.81. The van der Waals surface area contributed by atoms with E-state index in [4.69, 9.17) is 0 Å². The third-order valence-corrected chi connectivity index (χ3v) is 7.31. The summed E-state index contributed by atoms with van der Waals surface area (Å²) in [6, 6.07) is 1.33. The van der Waals surface area contributed by atoms with Gasteiger partial charge in [-0.15, -0.1) is 11.3 Å². The van der Waals surface area contributed by atoms with E-state index in [2.05, 4.69) is 5.32 Å². The Labute approximate surface area is 145 Å². The zero-order valence-corrected chi connectivity index (χ0v) is 15.1. The SMILES string of the molecule is CCCCC(NC(=O)C1CCCN1S(=O)(=O)c1cccs1)C(=O)O. The first-order chi connectivity index (χ1) is 11.4. The first-order valence-electron chi connectivity index (χ1n) is 7.96. The van der Waals surface area contributed by atoms with Gasteiger partial charge in [0, 0.05) is 6.54 Å². The number of carbonyl (C=O) groups excluding carboxylic acids is 1. The number of nitrogens with zero attached hydrogens (tertiary/aromatic N) is 1. The Bertz CT molecular complexity index is 672. The van der Waals surface area contributed by atoms with Gasteiger partial charge in [-0.1, -0.05) is 25.8 Å². The van der Waals surface area contributed by atoms with Gasteiger partial charge in [0.15, 0.2) is 0 Å². The largest absolute Gasteiger partial charge is 0.480 e. The van der Waals surface area contributed by atoms with Crippen LogP contribution in [0.5, 0.6) is 0 Å². The Morgan fingerprint density at radius 2 is 2.25 bits per heavy atom. The summed E-state index contributed by atoms with van der Waals surface area (Å²) in [5, 5.41) is 13.4. The summed E-state index contributed by atoms with van der Waals surface area (Å²) >= 11 is 1.10. The molecule has 1 saturated heterocycles. The molecule has 1 aliphatic rings. The van der Waals surface area contributed by atoms with Gasteiger partial charge in [-0.3, -0.25) is 4.79 Å². The van der Waals surface area contributed by atoms with Crippen molar-refractivity contribution in [1.82, 2.24) is 9.62 Å². The molecule has 2 N–H and O–H groups in total. The van der Waals surface area contributed by atoms with Crippen molar-refractivity contribution in [2.75, 3.05) is 6.54 Å². The van der Waals surface area contributed by atoms with Gasteiger partial charge in [-0.05, 0) is 30.7 Å². The standard InChI is InChI=1S/C15H22N2O5S2/c1-2-3-6-11(15(19)20)16-14(18)12-7-4-9-17(12)24(21,22)13-8-5-10-23-13/h5,8,10-12H,2-4,6-7,9H2,1H3,(H,16,18)(H,19,20). The van der Waals surface area contributed by atoms with E-state index in [0.29, 0.717) is 25.7 Å². The number of carboxylic acids is 1. The molecule has 2 atom stereocenters. The number of hydrogen-bond donors (Lipinski definition) is 2. The third-order valence-electron chi connectivity index (χ3n) is 4.03. The maximum atomic E-state index is 12.6. The minimum atomic E-state index is -3.72. The van der Waals surface area contributed by atoms with E-state index in [1.165, 1.54) is 10.4 Å². The van der Waals surface area contributed by atoms with Crippen molar-refractivity contribution in [3.8, 4) is 0 Å². The van der Waals surface area contributed by atoms with Crippen LogP contribution in [0.4, 0.5) is 0 Å². The fourth-order valence-electron chi connectivity index (χ4n) is 2.75. The third kappa shape index (κ3) is 4.14. The number of hydrogen-bond acceptors (Lipinski definition) is 5. The summed E-state index contributed by atoms with van der Waals surface area (Å²) in [6.45, 7) is 2.21. The summed E-state index contributed by atoms with van der Waals surface area (Å²) in [5.41, 5.74) is 0.